The molecule has 0 saturated carbocycles. The number of phenolic OH excluding ortho intramolecular Hbond substituents is 1. The Labute approximate surface area is 149 Å². The van der Waals surface area contributed by atoms with Crippen molar-refractivity contribution < 1.29 is 29.3 Å². The minimum Gasteiger partial charge on any atom is -0.507 e. The summed E-state index contributed by atoms with van der Waals surface area (Å²) >= 11 is 0. The van der Waals surface area contributed by atoms with E-state index >= 15 is 0 Å². The van der Waals surface area contributed by atoms with Gasteiger partial charge in [-0.2, -0.15) is 0 Å². The number of carboxylic acids is 1. The maximum atomic E-state index is 12.4. The number of amides is 1. The molecule has 0 radical (unpaired) electrons. The van der Waals surface area contributed by atoms with E-state index in [2.05, 4.69) is 5.32 Å². The first-order chi connectivity index (χ1) is 12.4. The molecule has 3 N–H and O–H groups in total. The van der Waals surface area contributed by atoms with Crippen LogP contribution in [0.25, 0.3) is 6.08 Å². The van der Waals surface area contributed by atoms with E-state index in [1.807, 2.05) is 0 Å². The zero-order valence-electron chi connectivity index (χ0n) is 13.9. The van der Waals surface area contributed by atoms with Gasteiger partial charge in [0.15, 0.2) is 12.4 Å². The van der Waals surface area contributed by atoms with Crippen LogP contribution in [0.2, 0.25) is 0 Å². The fourth-order valence-corrected chi connectivity index (χ4v) is 2.16. The number of aliphatic carboxylic acids is 1. The number of phenols is 1. The van der Waals surface area contributed by atoms with Gasteiger partial charge in [0, 0.05) is 12.6 Å². The van der Waals surface area contributed by atoms with Crippen LogP contribution >= 0.6 is 0 Å². The fourth-order valence-electron chi connectivity index (χ4n) is 2.16. The molecule has 1 amide bonds. The van der Waals surface area contributed by atoms with E-state index in [-0.39, 0.29) is 23.0 Å². The SMILES string of the molecule is CC(=O)Nc1ccc(/C=C/C(=O)c2c(O)cccc2OCC(=O)O)cc1. The van der Waals surface area contributed by atoms with E-state index in [0.717, 1.165) is 0 Å². The van der Waals surface area contributed by atoms with Crippen LogP contribution in [-0.4, -0.2) is 34.5 Å². The minimum atomic E-state index is -1.19. The van der Waals surface area contributed by atoms with Crippen molar-refractivity contribution in [2.75, 3.05) is 11.9 Å². The first kappa shape index (κ1) is 18.7. The van der Waals surface area contributed by atoms with Crippen molar-refractivity contribution in [1.82, 2.24) is 0 Å². The highest BCUT2D eigenvalue weighted by atomic mass is 16.5. The molecule has 0 aliphatic heterocycles. The van der Waals surface area contributed by atoms with E-state index in [9.17, 15) is 19.5 Å². The monoisotopic (exact) mass is 355 g/mol. The first-order valence-corrected chi connectivity index (χ1v) is 7.63. The lowest BCUT2D eigenvalue weighted by atomic mass is 10.1. The molecule has 0 spiro atoms. The Morgan fingerprint density at radius 1 is 1.12 bits per heavy atom. The molecule has 7 nitrogen and oxygen atoms in total. The number of aromatic hydroxyl groups is 1. The van der Waals surface area contributed by atoms with Crippen molar-refractivity contribution >= 4 is 29.4 Å². The lowest BCUT2D eigenvalue weighted by molar-refractivity contribution is -0.139. The third-order valence-electron chi connectivity index (χ3n) is 3.26. The predicted octanol–water partition coefficient (Wildman–Crippen LogP) is 2.71. The number of carboxylic acid groups (broad SMARTS) is 1. The molecule has 0 unspecified atom stereocenters. The van der Waals surface area contributed by atoms with Crippen molar-refractivity contribution in [2.45, 2.75) is 6.92 Å². The van der Waals surface area contributed by atoms with Crippen molar-refractivity contribution in [3.63, 3.8) is 0 Å². The van der Waals surface area contributed by atoms with Gasteiger partial charge in [0.1, 0.15) is 17.1 Å². The number of ether oxygens (including phenoxy) is 1. The second kappa shape index (κ2) is 8.48. The summed E-state index contributed by atoms with van der Waals surface area (Å²) in [5.41, 5.74) is 1.22. The van der Waals surface area contributed by atoms with E-state index < -0.39 is 18.4 Å². The molecule has 2 aromatic rings. The fraction of sp³-hybridized carbons (Fsp3) is 0.105. The Kier molecular flexibility index (Phi) is 6.10. The molecule has 2 rings (SSSR count). The Morgan fingerprint density at radius 2 is 1.81 bits per heavy atom. The molecule has 26 heavy (non-hydrogen) atoms. The van der Waals surface area contributed by atoms with Gasteiger partial charge in [-0.25, -0.2) is 4.79 Å². The smallest absolute Gasteiger partial charge is 0.341 e. The highest BCUT2D eigenvalue weighted by Crippen LogP contribution is 2.28. The second-order valence-electron chi connectivity index (χ2n) is 5.33. The van der Waals surface area contributed by atoms with Crippen LogP contribution in [0.1, 0.15) is 22.8 Å². The van der Waals surface area contributed by atoms with Crippen molar-refractivity contribution in [1.29, 1.82) is 0 Å². The number of anilines is 1. The summed E-state index contributed by atoms with van der Waals surface area (Å²) in [6.07, 6.45) is 2.78. The number of hydrogen-bond donors (Lipinski definition) is 3. The maximum absolute atomic E-state index is 12.4. The first-order valence-electron chi connectivity index (χ1n) is 7.63. The summed E-state index contributed by atoms with van der Waals surface area (Å²) in [4.78, 5) is 34.0. The van der Waals surface area contributed by atoms with Crippen LogP contribution in [0, 0.1) is 0 Å². The predicted molar refractivity (Wildman–Crippen MR) is 95.3 cm³/mol. The van der Waals surface area contributed by atoms with Crippen LogP contribution in [0.3, 0.4) is 0 Å². The minimum absolute atomic E-state index is 0.0111. The molecule has 0 heterocycles. The number of carbonyl (C=O) groups excluding carboxylic acids is 2. The Hall–Kier alpha value is -3.61. The van der Waals surface area contributed by atoms with Gasteiger partial charge in [-0.15, -0.1) is 0 Å². The van der Waals surface area contributed by atoms with Gasteiger partial charge < -0.3 is 20.3 Å². The molecular weight excluding hydrogens is 338 g/mol. The maximum Gasteiger partial charge on any atom is 0.341 e. The largest absolute Gasteiger partial charge is 0.507 e. The molecule has 0 fully saturated rings. The third kappa shape index (κ3) is 5.20. The van der Waals surface area contributed by atoms with Crippen LogP contribution in [0.4, 0.5) is 5.69 Å². The summed E-state index contributed by atoms with van der Waals surface area (Å²) in [6.45, 7) is 0.779. The number of allylic oxidation sites excluding steroid dienone is 1. The summed E-state index contributed by atoms with van der Waals surface area (Å²) in [5, 5.41) is 21.2. The molecule has 0 atom stereocenters. The molecule has 0 aliphatic rings. The number of carbonyl (C=O) groups is 3. The van der Waals surface area contributed by atoms with Gasteiger partial charge in [-0.05, 0) is 35.9 Å². The highest BCUT2D eigenvalue weighted by Gasteiger charge is 2.16. The van der Waals surface area contributed by atoms with Gasteiger partial charge in [-0.3, -0.25) is 9.59 Å². The normalized spacial score (nSPS) is 10.5. The topological polar surface area (TPSA) is 113 Å². The number of rotatable bonds is 7. The summed E-state index contributed by atoms with van der Waals surface area (Å²) < 4.78 is 5.05. The lowest BCUT2D eigenvalue weighted by Crippen LogP contribution is -2.11. The molecular formula is C19H17NO6. The van der Waals surface area contributed by atoms with E-state index in [1.54, 1.807) is 24.3 Å². The van der Waals surface area contributed by atoms with Crippen LogP contribution in [-0.2, 0) is 9.59 Å². The molecule has 7 heteroatoms. The average Bonchev–Trinajstić information content (AvgIpc) is 2.58. The zero-order valence-corrected chi connectivity index (χ0v) is 13.9. The van der Waals surface area contributed by atoms with E-state index in [1.165, 1.54) is 37.3 Å². The lowest BCUT2D eigenvalue weighted by Gasteiger charge is -2.09. The van der Waals surface area contributed by atoms with Gasteiger partial charge in [-0.1, -0.05) is 24.3 Å². The van der Waals surface area contributed by atoms with Crippen molar-refractivity contribution in [3.05, 3.63) is 59.7 Å². The van der Waals surface area contributed by atoms with Gasteiger partial charge in [0.2, 0.25) is 5.91 Å². The van der Waals surface area contributed by atoms with Crippen LogP contribution in [0.5, 0.6) is 11.5 Å². The standard InChI is InChI=1S/C19H17NO6/c1-12(21)20-14-8-5-13(6-9-14)7-10-16(23)19-15(22)3-2-4-17(19)26-11-18(24)25/h2-10,22H,11H2,1H3,(H,20,21)(H,24,25)/b10-7+. The number of nitrogens with one attached hydrogen (secondary N) is 1. The Morgan fingerprint density at radius 3 is 2.42 bits per heavy atom. The molecule has 134 valence electrons. The summed E-state index contributed by atoms with van der Waals surface area (Å²) in [5.74, 6) is -2.22. The molecule has 0 saturated heterocycles. The third-order valence-corrected chi connectivity index (χ3v) is 3.26. The van der Waals surface area contributed by atoms with Crippen LogP contribution < -0.4 is 10.1 Å². The Balaban J connectivity index is 2.17. The molecule has 2 aromatic carbocycles. The van der Waals surface area contributed by atoms with E-state index in [0.29, 0.717) is 11.3 Å². The van der Waals surface area contributed by atoms with Gasteiger partial charge >= 0.3 is 5.97 Å². The molecule has 0 bridgehead atoms. The number of benzene rings is 2. The number of ketones is 1. The zero-order chi connectivity index (χ0) is 19.1. The summed E-state index contributed by atoms with van der Waals surface area (Å²) in [6, 6.07) is 11.0. The average molecular weight is 355 g/mol. The number of hydrogen-bond acceptors (Lipinski definition) is 5. The van der Waals surface area contributed by atoms with E-state index in [4.69, 9.17) is 9.84 Å². The molecule has 0 aromatic heterocycles. The van der Waals surface area contributed by atoms with Crippen molar-refractivity contribution in [2.24, 2.45) is 0 Å². The van der Waals surface area contributed by atoms with Gasteiger partial charge in [0.05, 0.1) is 0 Å². The second-order valence-corrected chi connectivity index (χ2v) is 5.33. The summed E-state index contributed by atoms with van der Waals surface area (Å²) in [7, 11) is 0. The quantitative estimate of drug-likeness (QED) is 0.520. The van der Waals surface area contributed by atoms with Gasteiger partial charge in [0.25, 0.3) is 0 Å². The molecule has 0 aliphatic carbocycles. The van der Waals surface area contributed by atoms with Crippen LogP contribution in [0.15, 0.2) is 48.5 Å². The highest BCUT2D eigenvalue weighted by molar-refractivity contribution is 6.10. The van der Waals surface area contributed by atoms with Crippen molar-refractivity contribution in [3.8, 4) is 11.5 Å². The Bertz CT molecular complexity index is 855.